The second-order valence-electron chi connectivity index (χ2n) is 7.15. The van der Waals surface area contributed by atoms with Crippen molar-refractivity contribution in [3.8, 4) is 5.75 Å². The Morgan fingerprint density at radius 3 is 2.65 bits per heavy atom. The van der Waals surface area contributed by atoms with E-state index in [0.717, 1.165) is 31.7 Å². The van der Waals surface area contributed by atoms with Gasteiger partial charge in [0.05, 0.1) is 13.2 Å². The van der Waals surface area contributed by atoms with E-state index < -0.39 is 0 Å². The van der Waals surface area contributed by atoms with Crippen molar-refractivity contribution in [2.45, 2.75) is 26.8 Å². The van der Waals surface area contributed by atoms with Gasteiger partial charge >= 0.3 is 0 Å². The third-order valence-corrected chi connectivity index (χ3v) is 4.87. The average molecular weight is 358 g/mol. The van der Waals surface area contributed by atoms with Crippen LogP contribution in [-0.4, -0.2) is 42.8 Å². The van der Waals surface area contributed by atoms with Crippen LogP contribution in [0.1, 0.15) is 24.6 Å². The normalized spacial score (nSPS) is 20.4. The van der Waals surface area contributed by atoms with E-state index in [1.54, 1.807) is 12.1 Å². The predicted octanol–water partition coefficient (Wildman–Crippen LogP) is 3.84. The summed E-state index contributed by atoms with van der Waals surface area (Å²) in [6, 6.07) is 10.4. The number of ether oxygens (including phenoxy) is 2. The van der Waals surface area contributed by atoms with E-state index in [0.29, 0.717) is 25.6 Å². The molecule has 2 aromatic rings. The molecule has 5 heteroatoms. The minimum Gasteiger partial charge on any atom is -0.493 e. The van der Waals surface area contributed by atoms with Crippen molar-refractivity contribution in [2.75, 3.05) is 32.9 Å². The van der Waals surface area contributed by atoms with Gasteiger partial charge in [-0.1, -0.05) is 6.07 Å². The van der Waals surface area contributed by atoms with Gasteiger partial charge in [-0.15, -0.1) is 0 Å². The van der Waals surface area contributed by atoms with Crippen LogP contribution in [0.4, 0.5) is 4.39 Å². The maximum Gasteiger partial charge on any atom is 0.123 e. The molecule has 26 heavy (non-hydrogen) atoms. The second kappa shape index (κ2) is 8.60. The Bertz CT molecular complexity index is 690. The quantitative estimate of drug-likeness (QED) is 0.718. The number of rotatable bonds is 8. The van der Waals surface area contributed by atoms with Gasteiger partial charge in [0.1, 0.15) is 11.6 Å². The molecule has 1 aromatic heterocycles. The van der Waals surface area contributed by atoms with E-state index in [9.17, 15) is 4.39 Å². The van der Waals surface area contributed by atoms with Crippen LogP contribution in [0, 0.1) is 18.2 Å². The summed E-state index contributed by atoms with van der Waals surface area (Å²) in [6.45, 7) is 8.76. The molecule has 0 radical (unpaired) electrons. The van der Waals surface area contributed by atoms with E-state index in [-0.39, 0.29) is 11.2 Å². The lowest BCUT2D eigenvalue weighted by Gasteiger charge is -2.29. The van der Waals surface area contributed by atoms with Crippen LogP contribution in [-0.2, 0) is 11.3 Å². The summed E-state index contributed by atoms with van der Waals surface area (Å²) >= 11 is 0. The molecule has 0 amide bonds. The summed E-state index contributed by atoms with van der Waals surface area (Å²) < 4.78 is 24.8. The first-order valence-electron chi connectivity index (χ1n) is 9.19. The highest BCUT2D eigenvalue weighted by molar-refractivity contribution is 5.22. The van der Waals surface area contributed by atoms with E-state index >= 15 is 0 Å². The number of pyridine rings is 1. The third kappa shape index (κ3) is 5.02. The first-order chi connectivity index (χ1) is 12.6. The van der Waals surface area contributed by atoms with Gasteiger partial charge in [0.15, 0.2) is 0 Å². The molecule has 0 bridgehead atoms. The van der Waals surface area contributed by atoms with E-state index in [1.165, 1.54) is 17.7 Å². The van der Waals surface area contributed by atoms with Crippen LogP contribution >= 0.6 is 0 Å². The van der Waals surface area contributed by atoms with Gasteiger partial charge in [0, 0.05) is 37.0 Å². The number of benzene rings is 1. The highest BCUT2D eigenvalue weighted by atomic mass is 19.1. The molecule has 1 atom stereocenters. The Balaban J connectivity index is 1.61. The lowest BCUT2D eigenvalue weighted by molar-refractivity contribution is 0.0234. The van der Waals surface area contributed by atoms with Gasteiger partial charge < -0.3 is 9.47 Å². The van der Waals surface area contributed by atoms with Gasteiger partial charge in [-0.3, -0.25) is 9.88 Å². The molecule has 1 aromatic carbocycles. The second-order valence-corrected chi connectivity index (χ2v) is 7.15. The Kier molecular flexibility index (Phi) is 6.22. The van der Waals surface area contributed by atoms with Gasteiger partial charge in [-0.2, -0.15) is 0 Å². The van der Waals surface area contributed by atoms with Crippen LogP contribution in [0.15, 0.2) is 42.6 Å². The summed E-state index contributed by atoms with van der Waals surface area (Å²) in [4.78, 5) is 6.81. The molecule has 0 saturated carbocycles. The van der Waals surface area contributed by atoms with Crippen LogP contribution in [0.5, 0.6) is 5.75 Å². The zero-order valence-corrected chi connectivity index (χ0v) is 15.6. The van der Waals surface area contributed by atoms with Crippen LogP contribution in [0.2, 0.25) is 0 Å². The lowest BCUT2D eigenvalue weighted by Crippen LogP contribution is -2.37. The first kappa shape index (κ1) is 18.8. The molecule has 3 rings (SSSR count). The molecular weight excluding hydrogens is 331 g/mol. The lowest BCUT2D eigenvalue weighted by atomic mass is 9.89. The predicted molar refractivity (Wildman–Crippen MR) is 99.7 cm³/mol. The van der Waals surface area contributed by atoms with Crippen molar-refractivity contribution in [3.05, 3.63) is 59.7 Å². The molecule has 0 spiro atoms. The summed E-state index contributed by atoms with van der Waals surface area (Å²) in [5, 5.41) is 0. The summed E-state index contributed by atoms with van der Waals surface area (Å²) in [5.74, 6) is 0.448. The number of nitrogens with zero attached hydrogens (tertiary/aromatic N) is 2. The SMILES string of the molecule is CCOC[C@@]1(COc2ccc(F)cc2)CCN(Cc2ccc(C)nc2)C1. The zero-order chi connectivity index (χ0) is 18.4. The molecule has 1 aliphatic rings. The van der Waals surface area contributed by atoms with E-state index in [2.05, 4.69) is 22.0 Å². The van der Waals surface area contributed by atoms with Crippen molar-refractivity contribution in [1.29, 1.82) is 0 Å². The number of likely N-dealkylation sites (tertiary alicyclic amines) is 1. The first-order valence-corrected chi connectivity index (χ1v) is 9.19. The highest BCUT2D eigenvalue weighted by Crippen LogP contribution is 2.33. The minimum atomic E-state index is -0.250. The molecule has 0 unspecified atom stereocenters. The maximum atomic E-state index is 13.1. The molecular formula is C21H27FN2O2. The van der Waals surface area contributed by atoms with Gasteiger partial charge in [-0.25, -0.2) is 4.39 Å². The number of aromatic nitrogens is 1. The topological polar surface area (TPSA) is 34.6 Å². The maximum absolute atomic E-state index is 13.1. The van der Waals surface area contributed by atoms with E-state index in [4.69, 9.17) is 9.47 Å². The number of hydrogen-bond donors (Lipinski definition) is 0. The molecule has 1 fully saturated rings. The largest absolute Gasteiger partial charge is 0.493 e. The number of halogens is 1. The summed E-state index contributed by atoms with van der Waals surface area (Å²) in [5.41, 5.74) is 2.22. The van der Waals surface area contributed by atoms with Crippen LogP contribution in [0.3, 0.4) is 0 Å². The van der Waals surface area contributed by atoms with Crippen molar-refractivity contribution >= 4 is 0 Å². The molecule has 0 aliphatic carbocycles. The Hall–Kier alpha value is -1.98. The molecule has 4 nitrogen and oxygen atoms in total. The number of hydrogen-bond acceptors (Lipinski definition) is 4. The molecule has 140 valence electrons. The fraction of sp³-hybridized carbons (Fsp3) is 0.476. The Morgan fingerprint density at radius 2 is 1.96 bits per heavy atom. The summed E-state index contributed by atoms with van der Waals surface area (Å²) in [7, 11) is 0. The standard InChI is InChI=1S/C21H27FN2O2/c1-3-25-15-21(16-26-20-8-6-19(22)7-9-20)10-11-24(14-21)13-18-5-4-17(2)23-12-18/h4-9,12H,3,10-11,13-16H2,1-2H3/t21-/m1/s1. The van der Waals surface area contributed by atoms with Crippen molar-refractivity contribution in [2.24, 2.45) is 5.41 Å². The highest BCUT2D eigenvalue weighted by Gasteiger charge is 2.39. The molecule has 1 aliphatic heterocycles. The third-order valence-electron chi connectivity index (χ3n) is 4.87. The average Bonchev–Trinajstić information content (AvgIpc) is 3.05. The minimum absolute atomic E-state index is 0.0392. The van der Waals surface area contributed by atoms with Crippen molar-refractivity contribution < 1.29 is 13.9 Å². The molecule has 0 N–H and O–H groups in total. The fourth-order valence-corrected chi connectivity index (χ4v) is 3.38. The van der Waals surface area contributed by atoms with Crippen molar-refractivity contribution in [1.82, 2.24) is 9.88 Å². The summed E-state index contributed by atoms with van der Waals surface area (Å²) in [6.07, 6.45) is 2.97. The monoisotopic (exact) mass is 358 g/mol. The number of aryl methyl sites for hydroxylation is 1. The zero-order valence-electron chi connectivity index (χ0n) is 15.6. The molecule has 1 saturated heterocycles. The van der Waals surface area contributed by atoms with Crippen LogP contribution in [0.25, 0.3) is 0 Å². The smallest absolute Gasteiger partial charge is 0.123 e. The Labute approximate surface area is 155 Å². The fourth-order valence-electron chi connectivity index (χ4n) is 3.38. The van der Waals surface area contributed by atoms with E-state index in [1.807, 2.05) is 20.0 Å². The Morgan fingerprint density at radius 1 is 1.15 bits per heavy atom. The molecule has 2 heterocycles. The van der Waals surface area contributed by atoms with Crippen molar-refractivity contribution in [3.63, 3.8) is 0 Å². The van der Waals surface area contributed by atoms with Crippen LogP contribution < -0.4 is 4.74 Å². The van der Waals surface area contributed by atoms with Gasteiger partial charge in [0.25, 0.3) is 0 Å². The van der Waals surface area contributed by atoms with Gasteiger partial charge in [-0.05, 0) is 62.7 Å². The van der Waals surface area contributed by atoms with Gasteiger partial charge in [0.2, 0.25) is 0 Å².